The molecule has 0 unspecified atom stereocenters. The summed E-state index contributed by atoms with van der Waals surface area (Å²) in [5.41, 5.74) is 3.34. The minimum absolute atomic E-state index is 0.607. The number of rotatable bonds is 2. The maximum atomic E-state index is 4.68. The molecule has 0 aliphatic carbocycles. The van der Waals surface area contributed by atoms with E-state index in [1.165, 1.54) is 5.56 Å². The van der Waals surface area contributed by atoms with Crippen molar-refractivity contribution in [3.8, 4) is 0 Å². The van der Waals surface area contributed by atoms with E-state index >= 15 is 0 Å². The molecule has 108 valence electrons. The van der Waals surface area contributed by atoms with Gasteiger partial charge >= 0.3 is 0 Å². The largest absolute Gasteiger partial charge is 0.329 e. The molecule has 22 heavy (non-hydrogen) atoms. The Morgan fingerprint density at radius 3 is 2.68 bits per heavy atom. The Hall–Kier alpha value is -2.95. The highest BCUT2D eigenvalue weighted by molar-refractivity contribution is 5.93. The van der Waals surface area contributed by atoms with E-state index in [1.54, 1.807) is 6.33 Å². The van der Waals surface area contributed by atoms with Gasteiger partial charge in [-0.25, -0.2) is 0 Å². The van der Waals surface area contributed by atoms with Gasteiger partial charge in [0.1, 0.15) is 12.1 Å². The van der Waals surface area contributed by atoms with Crippen molar-refractivity contribution < 1.29 is 0 Å². The van der Waals surface area contributed by atoms with Gasteiger partial charge in [-0.2, -0.15) is 4.98 Å². The molecule has 2 aromatic carbocycles. The highest BCUT2D eigenvalue weighted by Gasteiger charge is 2.14. The molecule has 0 bridgehead atoms. The summed E-state index contributed by atoms with van der Waals surface area (Å²) >= 11 is 0. The third kappa shape index (κ3) is 1.90. The molecule has 2 heterocycles. The minimum atomic E-state index is 0.607. The van der Waals surface area contributed by atoms with E-state index in [9.17, 15) is 0 Å². The molecule has 0 atom stereocenters. The first kappa shape index (κ1) is 12.8. The topological polar surface area (TPSA) is 46.3 Å². The van der Waals surface area contributed by atoms with E-state index in [1.807, 2.05) is 29.6 Å². The van der Waals surface area contributed by atoms with Crippen LogP contribution in [0.25, 0.3) is 16.7 Å². The van der Waals surface area contributed by atoms with Crippen LogP contribution < -0.4 is 4.90 Å². The standard InChI is InChI=1S/C17H15N5/c1-12-8-9-14-15(10-12)22-11-18-20-17(22)19-16(14)21(2)13-6-4-3-5-7-13/h3-11H,1-2H3. The zero-order chi connectivity index (χ0) is 15.1. The molecule has 4 rings (SSSR count). The van der Waals surface area contributed by atoms with Crippen molar-refractivity contribution in [2.45, 2.75) is 6.92 Å². The lowest BCUT2D eigenvalue weighted by molar-refractivity contribution is 1.08. The van der Waals surface area contributed by atoms with E-state index < -0.39 is 0 Å². The van der Waals surface area contributed by atoms with Crippen molar-refractivity contribution >= 4 is 28.2 Å². The van der Waals surface area contributed by atoms with Crippen molar-refractivity contribution in [2.24, 2.45) is 0 Å². The zero-order valence-electron chi connectivity index (χ0n) is 12.4. The van der Waals surface area contributed by atoms with Gasteiger partial charge in [-0.05, 0) is 36.8 Å². The predicted octanol–water partition coefficient (Wildman–Crippen LogP) is 3.35. The molecular formula is C17H15N5. The molecule has 0 spiro atoms. The summed E-state index contributed by atoms with van der Waals surface area (Å²) in [6.07, 6.45) is 1.70. The van der Waals surface area contributed by atoms with Crippen LogP contribution in [0.1, 0.15) is 5.56 Å². The van der Waals surface area contributed by atoms with Crippen molar-refractivity contribution in [1.82, 2.24) is 19.6 Å². The molecular weight excluding hydrogens is 274 g/mol. The Bertz CT molecular complexity index is 959. The summed E-state index contributed by atoms with van der Waals surface area (Å²) in [6.45, 7) is 2.08. The van der Waals surface area contributed by atoms with Crippen molar-refractivity contribution in [3.63, 3.8) is 0 Å². The number of hydrogen-bond donors (Lipinski definition) is 0. The molecule has 0 N–H and O–H groups in total. The summed E-state index contributed by atoms with van der Waals surface area (Å²) < 4.78 is 1.92. The van der Waals surface area contributed by atoms with Gasteiger partial charge in [0.15, 0.2) is 0 Å². The lowest BCUT2D eigenvalue weighted by Crippen LogP contribution is -2.12. The van der Waals surface area contributed by atoms with Gasteiger partial charge in [-0.15, -0.1) is 10.2 Å². The first-order chi connectivity index (χ1) is 10.7. The highest BCUT2D eigenvalue weighted by Crippen LogP contribution is 2.30. The Morgan fingerprint density at radius 1 is 1.05 bits per heavy atom. The molecule has 5 nitrogen and oxygen atoms in total. The van der Waals surface area contributed by atoms with Gasteiger partial charge < -0.3 is 4.90 Å². The van der Waals surface area contributed by atoms with Gasteiger partial charge in [0.2, 0.25) is 0 Å². The molecule has 5 heteroatoms. The third-order valence-corrected chi connectivity index (χ3v) is 3.85. The Balaban J connectivity index is 2.03. The third-order valence-electron chi connectivity index (χ3n) is 3.85. The number of hydrogen-bond acceptors (Lipinski definition) is 4. The fourth-order valence-corrected chi connectivity index (χ4v) is 2.69. The van der Waals surface area contributed by atoms with Crippen LogP contribution in [-0.2, 0) is 0 Å². The van der Waals surface area contributed by atoms with Crippen LogP contribution in [0, 0.1) is 6.92 Å². The molecule has 0 radical (unpaired) electrons. The van der Waals surface area contributed by atoms with Crippen molar-refractivity contribution in [1.29, 1.82) is 0 Å². The second-order valence-corrected chi connectivity index (χ2v) is 5.35. The quantitative estimate of drug-likeness (QED) is 0.567. The molecule has 0 fully saturated rings. The summed E-state index contributed by atoms with van der Waals surface area (Å²) in [5, 5.41) is 9.17. The van der Waals surface area contributed by atoms with E-state index in [0.717, 1.165) is 22.4 Å². The molecule has 0 aliphatic rings. The van der Waals surface area contributed by atoms with E-state index in [0.29, 0.717) is 5.78 Å². The van der Waals surface area contributed by atoms with Gasteiger partial charge in [-0.3, -0.25) is 4.40 Å². The van der Waals surface area contributed by atoms with Crippen LogP contribution in [0.4, 0.5) is 11.5 Å². The first-order valence-corrected chi connectivity index (χ1v) is 7.13. The minimum Gasteiger partial charge on any atom is -0.329 e. The second kappa shape index (κ2) is 4.80. The fraction of sp³-hybridized carbons (Fsp3) is 0.118. The van der Waals surface area contributed by atoms with Crippen LogP contribution in [-0.4, -0.2) is 26.6 Å². The smallest absolute Gasteiger partial charge is 0.257 e. The fourth-order valence-electron chi connectivity index (χ4n) is 2.69. The Kier molecular flexibility index (Phi) is 2.79. The number of aryl methyl sites for hydroxylation is 1. The van der Waals surface area contributed by atoms with Crippen LogP contribution in [0.3, 0.4) is 0 Å². The van der Waals surface area contributed by atoms with Gasteiger partial charge in [0, 0.05) is 18.1 Å². The zero-order valence-corrected chi connectivity index (χ0v) is 12.4. The number of aromatic nitrogens is 4. The molecule has 0 saturated heterocycles. The van der Waals surface area contributed by atoms with Crippen LogP contribution >= 0.6 is 0 Å². The lowest BCUT2D eigenvalue weighted by atomic mass is 10.1. The predicted molar refractivity (Wildman–Crippen MR) is 87.5 cm³/mol. The first-order valence-electron chi connectivity index (χ1n) is 7.13. The lowest BCUT2D eigenvalue weighted by Gasteiger charge is -2.20. The van der Waals surface area contributed by atoms with Gasteiger partial charge in [-0.1, -0.05) is 24.3 Å². The Morgan fingerprint density at radius 2 is 1.86 bits per heavy atom. The van der Waals surface area contributed by atoms with Crippen LogP contribution in [0.2, 0.25) is 0 Å². The monoisotopic (exact) mass is 289 g/mol. The summed E-state index contributed by atoms with van der Waals surface area (Å²) in [6, 6.07) is 16.5. The van der Waals surface area contributed by atoms with Crippen molar-refractivity contribution in [2.75, 3.05) is 11.9 Å². The van der Waals surface area contributed by atoms with E-state index in [4.69, 9.17) is 0 Å². The average Bonchev–Trinajstić information content (AvgIpc) is 3.03. The maximum Gasteiger partial charge on any atom is 0.257 e. The van der Waals surface area contributed by atoms with Crippen LogP contribution in [0.15, 0.2) is 54.9 Å². The number of fused-ring (bicyclic) bond motifs is 3. The molecule has 2 aromatic heterocycles. The van der Waals surface area contributed by atoms with Crippen LogP contribution in [0.5, 0.6) is 0 Å². The van der Waals surface area contributed by atoms with Gasteiger partial charge in [0.25, 0.3) is 5.78 Å². The highest BCUT2D eigenvalue weighted by atomic mass is 15.3. The molecule has 4 aromatic rings. The van der Waals surface area contributed by atoms with Crippen molar-refractivity contribution in [3.05, 3.63) is 60.4 Å². The number of para-hydroxylation sites is 1. The molecule has 0 saturated carbocycles. The number of anilines is 2. The number of benzene rings is 2. The average molecular weight is 289 g/mol. The maximum absolute atomic E-state index is 4.68. The van der Waals surface area contributed by atoms with E-state index in [2.05, 4.69) is 57.3 Å². The van der Waals surface area contributed by atoms with E-state index in [-0.39, 0.29) is 0 Å². The molecule has 0 amide bonds. The summed E-state index contributed by atoms with van der Waals surface area (Å²) in [7, 11) is 2.02. The van der Waals surface area contributed by atoms with Gasteiger partial charge in [0.05, 0.1) is 5.52 Å². The summed E-state index contributed by atoms with van der Waals surface area (Å²) in [4.78, 5) is 6.76. The number of nitrogens with zero attached hydrogens (tertiary/aromatic N) is 5. The SMILES string of the molecule is Cc1ccc2c(N(C)c3ccccc3)nc3nncn3c2c1. The molecule has 0 aliphatic heterocycles. The second-order valence-electron chi connectivity index (χ2n) is 5.35. The summed E-state index contributed by atoms with van der Waals surface area (Å²) in [5.74, 6) is 1.48. The normalized spacial score (nSPS) is 11.2. The Labute approximate surface area is 127 Å².